The lowest BCUT2D eigenvalue weighted by atomic mass is 9.75. The molecule has 2 heteroatoms. The highest BCUT2D eigenvalue weighted by Gasteiger charge is 2.32. The molecule has 0 saturated heterocycles. The van der Waals surface area contributed by atoms with Crippen molar-refractivity contribution in [1.82, 2.24) is 5.32 Å². The number of rotatable bonds is 7. The fourth-order valence-electron chi connectivity index (χ4n) is 1.39. The third kappa shape index (κ3) is 4.98. The van der Waals surface area contributed by atoms with Crippen LogP contribution in [0, 0.1) is 11.3 Å². The molecule has 15 heavy (non-hydrogen) atoms. The van der Waals surface area contributed by atoms with Crippen LogP contribution in [0.1, 0.15) is 54.4 Å². The Bertz CT molecular complexity index is 164. The van der Waals surface area contributed by atoms with Crippen molar-refractivity contribution >= 4 is 0 Å². The van der Waals surface area contributed by atoms with Crippen molar-refractivity contribution < 1.29 is 0 Å². The number of nitrogens with one attached hydrogen (secondary N) is 1. The van der Waals surface area contributed by atoms with E-state index in [1.807, 2.05) is 0 Å². The average Bonchev–Trinajstić information content (AvgIpc) is 2.10. The van der Waals surface area contributed by atoms with Gasteiger partial charge in [-0.2, -0.15) is 0 Å². The Morgan fingerprint density at radius 3 is 1.87 bits per heavy atom. The first-order chi connectivity index (χ1) is 6.74. The Morgan fingerprint density at radius 1 is 1.07 bits per heavy atom. The summed E-state index contributed by atoms with van der Waals surface area (Å²) in [5, 5.41) is 3.55. The van der Waals surface area contributed by atoms with E-state index in [0.717, 1.165) is 19.0 Å². The van der Waals surface area contributed by atoms with Crippen LogP contribution >= 0.6 is 0 Å². The fraction of sp³-hybridized carbons (Fsp3) is 1.00. The summed E-state index contributed by atoms with van der Waals surface area (Å²) in [4.78, 5) is 0. The van der Waals surface area contributed by atoms with Gasteiger partial charge in [0, 0.05) is 12.1 Å². The van der Waals surface area contributed by atoms with Gasteiger partial charge in [0.1, 0.15) is 0 Å². The van der Waals surface area contributed by atoms with Gasteiger partial charge in [-0.3, -0.25) is 0 Å². The van der Waals surface area contributed by atoms with Crippen LogP contribution in [0.2, 0.25) is 0 Å². The van der Waals surface area contributed by atoms with Crippen molar-refractivity contribution in [2.45, 2.75) is 59.9 Å². The molecule has 92 valence electrons. The molecule has 0 unspecified atom stereocenters. The van der Waals surface area contributed by atoms with E-state index in [2.05, 4.69) is 46.9 Å². The molecule has 0 heterocycles. The van der Waals surface area contributed by atoms with E-state index in [1.54, 1.807) is 0 Å². The van der Waals surface area contributed by atoms with Gasteiger partial charge in [-0.25, -0.2) is 0 Å². The zero-order chi connectivity index (χ0) is 12.1. The molecule has 0 aliphatic carbocycles. The van der Waals surface area contributed by atoms with Crippen LogP contribution in [-0.4, -0.2) is 18.6 Å². The zero-order valence-corrected chi connectivity index (χ0v) is 11.5. The first-order valence-electron chi connectivity index (χ1n) is 6.24. The molecule has 3 N–H and O–H groups in total. The van der Waals surface area contributed by atoms with Gasteiger partial charge in [0.15, 0.2) is 0 Å². The maximum Gasteiger partial charge on any atom is 0.0161 e. The second-order valence-corrected chi connectivity index (χ2v) is 5.92. The minimum absolute atomic E-state index is 0.131. The first kappa shape index (κ1) is 14.9. The van der Waals surface area contributed by atoms with Gasteiger partial charge in [0.2, 0.25) is 0 Å². The second kappa shape index (κ2) is 5.86. The molecular weight excluding hydrogens is 184 g/mol. The van der Waals surface area contributed by atoms with E-state index in [9.17, 15) is 0 Å². The lowest BCUT2D eigenvalue weighted by molar-refractivity contribution is 0.191. The zero-order valence-electron chi connectivity index (χ0n) is 11.5. The van der Waals surface area contributed by atoms with E-state index in [0.29, 0.717) is 0 Å². The molecule has 2 nitrogen and oxygen atoms in total. The van der Waals surface area contributed by atoms with Crippen molar-refractivity contribution in [2.75, 3.05) is 13.1 Å². The summed E-state index contributed by atoms with van der Waals surface area (Å²) in [5.74, 6) is 0.807. The second-order valence-electron chi connectivity index (χ2n) is 5.92. The molecule has 0 aromatic rings. The lowest BCUT2D eigenvalue weighted by Gasteiger charge is -2.39. The van der Waals surface area contributed by atoms with Crippen LogP contribution in [0.25, 0.3) is 0 Å². The maximum absolute atomic E-state index is 6.16. The van der Waals surface area contributed by atoms with E-state index in [4.69, 9.17) is 5.73 Å². The predicted octanol–water partition coefficient (Wildman–Crippen LogP) is 2.78. The molecule has 0 spiro atoms. The van der Waals surface area contributed by atoms with E-state index >= 15 is 0 Å². The Morgan fingerprint density at radius 2 is 1.53 bits per heavy atom. The smallest absolute Gasteiger partial charge is 0.0161 e. The van der Waals surface area contributed by atoms with Gasteiger partial charge < -0.3 is 11.1 Å². The van der Waals surface area contributed by atoms with Gasteiger partial charge >= 0.3 is 0 Å². The first-order valence-corrected chi connectivity index (χ1v) is 6.24. The van der Waals surface area contributed by atoms with Crippen LogP contribution in [0.3, 0.4) is 0 Å². The van der Waals surface area contributed by atoms with Crippen molar-refractivity contribution in [3.63, 3.8) is 0 Å². The highest BCUT2D eigenvalue weighted by atomic mass is 14.9. The SMILES string of the molecule is CCC(CC)CNCC(C)(C)C(C)(C)N. The van der Waals surface area contributed by atoms with E-state index in [1.165, 1.54) is 12.8 Å². The van der Waals surface area contributed by atoms with Crippen molar-refractivity contribution in [2.24, 2.45) is 17.1 Å². The van der Waals surface area contributed by atoms with Gasteiger partial charge in [0.05, 0.1) is 0 Å². The minimum atomic E-state index is -0.131. The Kier molecular flexibility index (Phi) is 5.82. The highest BCUT2D eigenvalue weighted by Crippen LogP contribution is 2.27. The van der Waals surface area contributed by atoms with Gasteiger partial charge in [0.25, 0.3) is 0 Å². The van der Waals surface area contributed by atoms with Crippen LogP contribution < -0.4 is 11.1 Å². The van der Waals surface area contributed by atoms with Gasteiger partial charge in [-0.1, -0.05) is 40.5 Å². The summed E-state index contributed by atoms with van der Waals surface area (Å²) < 4.78 is 0. The third-order valence-electron chi connectivity index (χ3n) is 3.90. The standard InChI is InChI=1S/C13H30N2/c1-7-11(8-2)9-15-10-12(3,4)13(5,6)14/h11,15H,7-10,14H2,1-6H3. The van der Waals surface area contributed by atoms with Crippen molar-refractivity contribution in [3.05, 3.63) is 0 Å². The number of hydrogen-bond acceptors (Lipinski definition) is 2. The third-order valence-corrected chi connectivity index (χ3v) is 3.90. The molecule has 0 fully saturated rings. The topological polar surface area (TPSA) is 38.0 Å². The summed E-state index contributed by atoms with van der Waals surface area (Å²) in [7, 11) is 0. The largest absolute Gasteiger partial charge is 0.325 e. The van der Waals surface area contributed by atoms with Crippen LogP contribution in [-0.2, 0) is 0 Å². The van der Waals surface area contributed by atoms with Crippen molar-refractivity contribution in [1.29, 1.82) is 0 Å². The molecule has 0 amide bonds. The summed E-state index contributed by atoms with van der Waals surface area (Å²) >= 11 is 0. The van der Waals surface area contributed by atoms with Crippen molar-refractivity contribution in [3.8, 4) is 0 Å². The monoisotopic (exact) mass is 214 g/mol. The van der Waals surface area contributed by atoms with Crippen LogP contribution in [0.5, 0.6) is 0 Å². The normalized spacial score (nSPS) is 13.6. The summed E-state index contributed by atoms with van der Waals surface area (Å²) in [6.07, 6.45) is 2.52. The lowest BCUT2D eigenvalue weighted by Crippen LogP contribution is -2.52. The highest BCUT2D eigenvalue weighted by molar-refractivity contribution is 4.91. The molecule has 0 aromatic heterocycles. The summed E-state index contributed by atoms with van der Waals surface area (Å²) in [6, 6.07) is 0. The van der Waals surface area contributed by atoms with Crippen LogP contribution in [0.4, 0.5) is 0 Å². The van der Waals surface area contributed by atoms with Gasteiger partial charge in [-0.05, 0) is 31.7 Å². The van der Waals surface area contributed by atoms with Gasteiger partial charge in [-0.15, -0.1) is 0 Å². The number of nitrogens with two attached hydrogens (primary N) is 1. The Balaban J connectivity index is 3.95. The summed E-state index contributed by atoms with van der Waals surface area (Å²) in [6.45, 7) is 15.3. The van der Waals surface area contributed by atoms with Crippen LogP contribution in [0.15, 0.2) is 0 Å². The Hall–Kier alpha value is -0.0800. The molecule has 0 aromatic carbocycles. The molecule has 0 saturated carbocycles. The average molecular weight is 214 g/mol. The molecule has 0 bridgehead atoms. The fourth-order valence-corrected chi connectivity index (χ4v) is 1.39. The van der Waals surface area contributed by atoms with E-state index < -0.39 is 0 Å². The molecule has 0 atom stereocenters. The predicted molar refractivity (Wildman–Crippen MR) is 69.0 cm³/mol. The summed E-state index contributed by atoms with van der Waals surface area (Å²) in [5.41, 5.74) is 6.16. The molecule has 0 aliphatic heterocycles. The molecule has 0 radical (unpaired) electrons. The quantitative estimate of drug-likeness (QED) is 0.684. The molecule has 0 aliphatic rings. The minimum Gasteiger partial charge on any atom is -0.325 e. The van der Waals surface area contributed by atoms with E-state index in [-0.39, 0.29) is 11.0 Å². The molecule has 0 rings (SSSR count). The maximum atomic E-state index is 6.16. The number of hydrogen-bond donors (Lipinski definition) is 2. The molecular formula is C13H30N2. The Labute approximate surface area is 96.0 Å².